The molecule has 6 heteroatoms. The second-order valence-corrected chi connectivity index (χ2v) is 4.92. The average Bonchev–Trinajstić information content (AvgIpc) is 2.31. The van der Waals surface area contributed by atoms with Crippen LogP contribution in [0.2, 0.25) is 0 Å². The Kier molecular flexibility index (Phi) is 9.49. The van der Waals surface area contributed by atoms with E-state index in [4.69, 9.17) is 20.9 Å². The van der Waals surface area contributed by atoms with Crippen molar-refractivity contribution in [3.63, 3.8) is 0 Å². The van der Waals surface area contributed by atoms with E-state index in [9.17, 15) is 4.57 Å². The molecule has 0 saturated heterocycles. The van der Waals surface area contributed by atoms with Crippen molar-refractivity contribution in [1.82, 2.24) is 0 Å². The third kappa shape index (κ3) is 7.80. The molecular formula is C10H18ClO4P. The lowest BCUT2D eigenvalue weighted by molar-refractivity contribution is 0.257. The first-order valence-electron chi connectivity index (χ1n) is 5.25. The number of hydrogen-bond donors (Lipinski definition) is 0. The molecule has 0 aromatic heterocycles. The molecule has 0 spiro atoms. The number of unbranched alkanes of at least 4 members (excludes halogenated alkanes) is 2. The summed E-state index contributed by atoms with van der Waals surface area (Å²) in [6.07, 6.45) is 9.61. The molecule has 0 atom stereocenters. The Labute approximate surface area is 102 Å². The van der Waals surface area contributed by atoms with Gasteiger partial charge >= 0.3 is 7.82 Å². The van der Waals surface area contributed by atoms with Crippen molar-refractivity contribution in [3.05, 3.63) is 24.7 Å². The third-order valence-corrected chi connectivity index (χ3v) is 3.00. The number of rotatable bonds is 9. The van der Waals surface area contributed by atoms with E-state index >= 15 is 0 Å². The molecule has 0 radical (unpaired) electrons. The Balaban J connectivity index is 4.05. The number of phosphoric acid groups is 1. The van der Waals surface area contributed by atoms with Gasteiger partial charge in [-0.25, -0.2) is 4.57 Å². The largest absolute Gasteiger partial charge is 0.603 e. The summed E-state index contributed by atoms with van der Waals surface area (Å²) in [7, 11) is -3.69. The zero-order valence-electron chi connectivity index (χ0n) is 9.60. The molecule has 0 fully saturated rings. The molecule has 0 rings (SSSR count). The summed E-state index contributed by atoms with van der Waals surface area (Å²) in [6, 6.07) is 0. The van der Waals surface area contributed by atoms with Crippen LogP contribution in [0.15, 0.2) is 24.7 Å². The Morgan fingerprint density at radius 2 is 1.50 bits per heavy atom. The molecular weight excluding hydrogens is 251 g/mol. The molecule has 0 unspecified atom stereocenters. The maximum Gasteiger partial charge on any atom is 0.603 e. The van der Waals surface area contributed by atoms with Gasteiger partial charge in [-0.3, -0.25) is 0 Å². The predicted octanol–water partition coefficient (Wildman–Crippen LogP) is 4.93. The molecule has 0 aliphatic carbocycles. The highest BCUT2D eigenvalue weighted by atomic mass is 35.5. The molecule has 4 nitrogen and oxygen atoms in total. The van der Waals surface area contributed by atoms with Gasteiger partial charge in [0, 0.05) is 0 Å². The molecule has 0 amide bonds. The van der Waals surface area contributed by atoms with Gasteiger partial charge < -0.3 is 9.05 Å². The van der Waals surface area contributed by atoms with Crippen molar-refractivity contribution in [2.45, 2.75) is 39.5 Å². The Morgan fingerprint density at radius 3 is 1.81 bits per heavy atom. The summed E-state index contributed by atoms with van der Waals surface area (Å²) < 4.78 is 25.4. The molecule has 0 aliphatic rings. The van der Waals surface area contributed by atoms with Gasteiger partial charge in [0.15, 0.2) is 0 Å². The number of allylic oxidation sites excluding steroid dienone is 2. The Morgan fingerprint density at radius 1 is 1.06 bits per heavy atom. The predicted molar refractivity (Wildman–Crippen MR) is 64.8 cm³/mol. The average molecular weight is 269 g/mol. The van der Waals surface area contributed by atoms with Gasteiger partial charge in [-0.15, -0.1) is 0 Å². The van der Waals surface area contributed by atoms with E-state index in [0.29, 0.717) is 0 Å². The first kappa shape index (κ1) is 15.6. The molecule has 0 saturated carbocycles. The molecule has 0 heterocycles. The van der Waals surface area contributed by atoms with Crippen LogP contribution >= 0.6 is 19.7 Å². The topological polar surface area (TPSA) is 44.8 Å². The zero-order chi connectivity index (χ0) is 12.3. The van der Waals surface area contributed by atoms with Crippen molar-refractivity contribution in [3.8, 4) is 0 Å². The van der Waals surface area contributed by atoms with Gasteiger partial charge in [0.2, 0.25) is 0 Å². The lowest BCUT2D eigenvalue weighted by atomic mass is 10.3. The number of hydrogen-bond acceptors (Lipinski definition) is 4. The zero-order valence-corrected chi connectivity index (χ0v) is 11.2. The van der Waals surface area contributed by atoms with Crippen LogP contribution in [0.1, 0.15) is 39.5 Å². The van der Waals surface area contributed by atoms with Crippen LogP contribution in [0.25, 0.3) is 0 Å². The van der Waals surface area contributed by atoms with Crippen LogP contribution in [0.3, 0.4) is 0 Å². The molecule has 16 heavy (non-hydrogen) atoms. The lowest BCUT2D eigenvalue weighted by Crippen LogP contribution is -1.85. The summed E-state index contributed by atoms with van der Waals surface area (Å²) in [5.74, 6) is 0. The van der Waals surface area contributed by atoms with Crippen LogP contribution < -0.4 is 0 Å². The molecule has 0 aromatic carbocycles. The summed E-state index contributed by atoms with van der Waals surface area (Å²) in [5.41, 5.74) is 0. The minimum absolute atomic E-state index is 0.827. The van der Waals surface area contributed by atoms with E-state index < -0.39 is 7.82 Å². The van der Waals surface area contributed by atoms with E-state index in [2.05, 4.69) is 4.08 Å². The minimum Gasteiger partial charge on any atom is -0.403 e. The van der Waals surface area contributed by atoms with Crippen molar-refractivity contribution >= 4 is 19.7 Å². The van der Waals surface area contributed by atoms with Gasteiger partial charge in [0.25, 0.3) is 0 Å². The maximum absolute atomic E-state index is 11.6. The van der Waals surface area contributed by atoms with Crippen LogP contribution in [0.4, 0.5) is 0 Å². The Bertz CT molecular complexity index is 244. The van der Waals surface area contributed by atoms with E-state index in [-0.39, 0.29) is 0 Å². The first-order chi connectivity index (χ1) is 7.68. The monoisotopic (exact) mass is 268 g/mol. The van der Waals surface area contributed by atoms with Crippen LogP contribution in [-0.4, -0.2) is 0 Å². The molecule has 0 bridgehead atoms. The maximum atomic E-state index is 11.6. The third-order valence-electron chi connectivity index (χ3n) is 1.57. The molecule has 0 aliphatic heterocycles. The van der Waals surface area contributed by atoms with Gasteiger partial charge in [0.05, 0.1) is 24.4 Å². The fourth-order valence-corrected chi connectivity index (χ4v) is 1.54. The van der Waals surface area contributed by atoms with Crippen molar-refractivity contribution < 1.29 is 17.7 Å². The van der Waals surface area contributed by atoms with E-state index in [1.807, 2.05) is 13.8 Å². The van der Waals surface area contributed by atoms with Crippen LogP contribution in [0.5, 0.6) is 0 Å². The van der Waals surface area contributed by atoms with Crippen molar-refractivity contribution in [1.29, 1.82) is 0 Å². The van der Waals surface area contributed by atoms with E-state index in [1.54, 1.807) is 12.2 Å². The van der Waals surface area contributed by atoms with E-state index in [1.165, 1.54) is 12.5 Å². The summed E-state index contributed by atoms with van der Waals surface area (Å²) in [6.45, 7) is 4.04. The van der Waals surface area contributed by atoms with Gasteiger partial charge in [0.1, 0.15) is 0 Å². The van der Waals surface area contributed by atoms with Gasteiger partial charge in [-0.05, 0) is 25.0 Å². The number of phosphoric ester groups is 1. The Hall–Kier alpha value is -0.440. The second-order valence-electron chi connectivity index (χ2n) is 3.05. The molecule has 0 N–H and O–H groups in total. The van der Waals surface area contributed by atoms with Crippen LogP contribution in [-0.2, 0) is 17.7 Å². The summed E-state index contributed by atoms with van der Waals surface area (Å²) in [4.78, 5) is 0. The fraction of sp³-hybridized carbons (Fsp3) is 0.600. The summed E-state index contributed by atoms with van der Waals surface area (Å²) in [5, 5.41) is 0. The highest BCUT2D eigenvalue weighted by Gasteiger charge is 2.26. The molecule has 94 valence electrons. The van der Waals surface area contributed by atoms with Gasteiger partial charge in [-0.1, -0.05) is 26.7 Å². The normalized spacial score (nSPS) is 15.4. The van der Waals surface area contributed by atoms with E-state index in [0.717, 1.165) is 25.7 Å². The van der Waals surface area contributed by atoms with Crippen molar-refractivity contribution in [2.75, 3.05) is 0 Å². The first-order valence-corrected chi connectivity index (χ1v) is 7.02. The van der Waals surface area contributed by atoms with Crippen molar-refractivity contribution in [2.24, 2.45) is 0 Å². The van der Waals surface area contributed by atoms with Gasteiger partial charge in [-0.2, -0.15) is 4.08 Å². The minimum atomic E-state index is -3.69. The lowest BCUT2D eigenvalue weighted by Gasteiger charge is -2.09. The fourth-order valence-electron chi connectivity index (χ4n) is 0.762. The number of halogens is 1. The smallest absolute Gasteiger partial charge is 0.403 e. The summed E-state index contributed by atoms with van der Waals surface area (Å²) >= 11 is 5.05. The highest BCUT2D eigenvalue weighted by Crippen LogP contribution is 2.51. The second kappa shape index (κ2) is 9.76. The quantitative estimate of drug-likeness (QED) is 0.439. The SMILES string of the molecule is CCCC=COP(=O)(OCl)OC=CCCC. The van der Waals surface area contributed by atoms with Crippen LogP contribution in [0, 0.1) is 0 Å². The molecule has 0 aromatic rings. The standard InChI is InChI=1S/C10H18ClO4P/c1-3-5-7-9-13-16(12,15-11)14-10-8-6-4-2/h7-10H,3-6H2,1-2H3. The highest BCUT2D eigenvalue weighted by molar-refractivity contribution is 7.49.